The average Bonchev–Trinajstić information content (AvgIpc) is 2.99. The van der Waals surface area contributed by atoms with Gasteiger partial charge in [-0.15, -0.1) is 0 Å². The van der Waals surface area contributed by atoms with Crippen LogP contribution in [0.25, 0.3) is 0 Å². The van der Waals surface area contributed by atoms with Gasteiger partial charge < -0.3 is 10.8 Å². The van der Waals surface area contributed by atoms with E-state index in [1.807, 2.05) is 0 Å². The number of nitro benzene ring substituents is 1. The van der Waals surface area contributed by atoms with E-state index in [2.05, 4.69) is 0 Å². The summed E-state index contributed by atoms with van der Waals surface area (Å²) >= 11 is 0. The zero-order valence-corrected chi connectivity index (χ0v) is 8.14. The van der Waals surface area contributed by atoms with Gasteiger partial charge in [-0.1, -0.05) is 6.07 Å². The summed E-state index contributed by atoms with van der Waals surface area (Å²) in [5.74, 6) is -0.295. The van der Waals surface area contributed by atoms with Crippen molar-refractivity contribution in [3.8, 4) is 5.75 Å². The normalized spacial score (nSPS) is 17.4. The Morgan fingerprint density at radius 3 is 2.67 bits per heavy atom. The lowest BCUT2D eigenvalue weighted by Crippen LogP contribution is -2.19. The lowest BCUT2D eigenvalue weighted by atomic mass is 9.95. The summed E-state index contributed by atoms with van der Waals surface area (Å²) in [7, 11) is 0. The van der Waals surface area contributed by atoms with E-state index in [0.29, 0.717) is 6.54 Å². The number of hydrogen-bond acceptors (Lipinski definition) is 4. The van der Waals surface area contributed by atoms with Gasteiger partial charge in [0.25, 0.3) is 0 Å². The van der Waals surface area contributed by atoms with E-state index >= 15 is 0 Å². The van der Waals surface area contributed by atoms with E-state index in [4.69, 9.17) is 5.73 Å². The Labute approximate surface area is 86.7 Å². The minimum absolute atomic E-state index is 0.0849. The van der Waals surface area contributed by atoms with Crippen LogP contribution < -0.4 is 5.73 Å². The first-order valence-corrected chi connectivity index (χ1v) is 4.77. The summed E-state index contributed by atoms with van der Waals surface area (Å²) in [4.78, 5) is 10.0. The Balaban J connectivity index is 2.43. The van der Waals surface area contributed by atoms with Crippen molar-refractivity contribution < 1.29 is 10.0 Å². The number of nitrogens with two attached hydrogens (primary N) is 1. The zero-order valence-electron chi connectivity index (χ0n) is 8.14. The predicted molar refractivity (Wildman–Crippen MR) is 54.7 cm³/mol. The van der Waals surface area contributed by atoms with Gasteiger partial charge in [-0.05, 0) is 24.5 Å². The Bertz CT molecular complexity index is 413. The molecule has 0 heterocycles. The topological polar surface area (TPSA) is 89.4 Å². The summed E-state index contributed by atoms with van der Waals surface area (Å²) in [6.45, 7) is 0.495. The third-order valence-electron chi connectivity index (χ3n) is 3.03. The van der Waals surface area contributed by atoms with E-state index in [-0.39, 0.29) is 16.9 Å². The molecule has 5 heteroatoms. The maximum atomic E-state index is 10.6. The second-order valence-electron chi connectivity index (χ2n) is 3.95. The SMILES string of the molecule is NCC1(c2ccc(O)c([N+](=O)[O-])c2)CC1. The lowest BCUT2D eigenvalue weighted by Gasteiger charge is -2.12. The molecular weight excluding hydrogens is 196 g/mol. The number of hydrogen-bond donors (Lipinski definition) is 2. The molecule has 0 aromatic heterocycles. The van der Waals surface area contributed by atoms with Gasteiger partial charge >= 0.3 is 5.69 Å². The number of benzene rings is 1. The highest BCUT2D eigenvalue weighted by Gasteiger charge is 2.43. The third kappa shape index (κ3) is 1.55. The summed E-state index contributed by atoms with van der Waals surface area (Å²) in [6.07, 6.45) is 1.93. The lowest BCUT2D eigenvalue weighted by molar-refractivity contribution is -0.385. The van der Waals surface area contributed by atoms with E-state index in [9.17, 15) is 15.2 Å². The van der Waals surface area contributed by atoms with Crippen LogP contribution in [-0.2, 0) is 5.41 Å². The summed E-state index contributed by atoms with van der Waals surface area (Å²) in [5, 5.41) is 19.9. The molecule has 80 valence electrons. The number of rotatable bonds is 3. The molecule has 1 aliphatic rings. The van der Waals surface area contributed by atoms with Crippen LogP contribution in [0.4, 0.5) is 5.69 Å². The van der Waals surface area contributed by atoms with Crippen molar-refractivity contribution in [1.82, 2.24) is 0 Å². The Morgan fingerprint density at radius 1 is 1.53 bits per heavy atom. The smallest absolute Gasteiger partial charge is 0.310 e. The van der Waals surface area contributed by atoms with Gasteiger partial charge in [-0.25, -0.2) is 0 Å². The van der Waals surface area contributed by atoms with Crippen LogP contribution in [-0.4, -0.2) is 16.6 Å². The summed E-state index contributed by atoms with van der Waals surface area (Å²) in [5.41, 5.74) is 6.16. The van der Waals surface area contributed by atoms with Crippen molar-refractivity contribution in [3.63, 3.8) is 0 Å². The zero-order chi connectivity index (χ0) is 11.1. The molecule has 0 bridgehead atoms. The first-order chi connectivity index (χ1) is 7.09. The van der Waals surface area contributed by atoms with Gasteiger partial charge in [-0.3, -0.25) is 10.1 Å². The molecule has 1 aliphatic carbocycles. The van der Waals surface area contributed by atoms with Crippen LogP contribution in [0.3, 0.4) is 0 Å². The fourth-order valence-corrected chi connectivity index (χ4v) is 1.76. The molecule has 0 aliphatic heterocycles. The van der Waals surface area contributed by atoms with Gasteiger partial charge in [0.05, 0.1) is 4.92 Å². The van der Waals surface area contributed by atoms with Gasteiger partial charge in [0.15, 0.2) is 5.75 Å². The monoisotopic (exact) mass is 208 g/mol. The molecule has 0 unspecified atom stereocenters. The summed E-state index contributed by atoms with van der Waals surface area (Å²) in [6, 6.07) is 4.50. The first kappa shape index (κ1) is 9.92. The van der Waals surface area contributed by atoms with Gasteiger partial charge in [0.1, 0.15) is 0 Å². The number of phenols is 1. The van der Waals surface area contributed by atoms with Crippen LogP contribution in [0.2, 0.25) is 0 Å². The molecule has 3 N–H and O–H groups in total. The minimum Gasteiger partial charge on any atom is -0.502 e. The molecule has 0 saturated heterocycles. The van der Waals surface area contributed by atoms with Gasteiger partial charge in [0.2, 0.25) is 0 Å². The van der Waals surface area contributed by atoms with Crippen molar-refractivity contribution in [2.45, 2.75) is 18.3 Å². The number of aromatic hydroxyl groups is 1. The number of nitro groups is 1. The third-order valence-corrected chi connectivity index (χ3v) is 3.03. The maximum absolute atomic E-state index is 10.6. The number of nitrogens with zero attached hydrogens (tertiary/aromatic N) is 1. The fourth-order valence-electron chi connectivity index (χ4n) is 1.76. The molecule has 1 fully saturated rings. The van der Waals surface area contributed by atoms with E-state index in [1.165, 1.54) is 12.1 Å². The first-order valence-electron chi connectivity index (χ1n) is 4.77. The number of phenolic OH excluding ortho intramolecular Hbond substituents is 1. The highest BCUT2D eigenvalue weighted by atomic mass is 16.6. The molecule has 0 amide bonds. The Kier molecular flexibility index (Phi) is 2.12. The van der Waals surface area contributed by atoms with Crippen LogP contribution in [0.1, 0.15) is 18.4 Å². The largest absolute Gasteiger partial charge is 0.502 e. The van der Waals surface area contributed by atoms with Crippen molar-refractivity contribution in [2.24, 2.45) is 5.73 Å². The van der Waals surface area contributed by atoms with Gasteiger partial charge in [-0.2, -0.15) is 0 Å². The molecule has 0 atom stereocenters. The average molecular weight is 208 g/mol. The van der Waals surface area contributed by atoms with E-state index in [1.54, 1.807) is 6.07 Å². The quantitative estimate of drug-likeness (QED) is 0.578. The molecule has 5 nitrogen and oxygen atoms in total. The highest BCUT2D eigenvalue weighted by Crippen LogP contribution is 2.48. The Morgan fingerprint density at radius 2 is 2.20 bits per heavy atom. The van der Waals surface area contributed by atoms with Crippen molar-refractivity contribution in [3.05, 3.63) is 33.9 Å². The Hall–Kier alpha value is -1.62. The molecule has 1 aromatic rings. The van der Waals surface area contributed by atoms with Crippen LogP contribution >= 0.6 is 0 Å². The van der Waals surface area contributed by atoms with E-state index < -0.39 is 4.92 Å². The van der Waals surface area contributed by atoms with Crippen molar-refractivity contribution >= 4 is 5.69 Å². The second-order valence-corrected chi connectivity index (χ2v) is 3.95. The molecule has 0 spiro atoms. The van der Waals surface area contributed by atoms with Crippen LogP contribution in [0.15, 0.2) is 18.2 Å². The van der Waals surface area contributed by atoms with Crippen molar-refractivity contribution in [2.75, 3.05) is 6.54 Å². The molecule has 2 rings (SSSR count). The fraction of sp³-hybridized carbons (Fsp3) is 0.400. The summed E-state index contributed by atoms with van der Waals surface area (Å²) < 4.78 is 0. The van der Waals surface area contributed by atoms with Crippen molar-refractivity contribution in [1.29, 1.82) is 0 Å². The van der Waals surface area contributed by atoms with Gasteiger partial charge in [0, 0.05) is 18.0 Å². The molecular formula is C10H12N2O3. The predicted octanol–water partition coefficient (Wildman–Crippen LogP) is 1.29. The van der Waals surface area contributed by atoms with Crippen LogP contribution in [0.5, 0.6) is 5.75 Å². The van der Waals surface area contributed by atoms with E-state index in [0.717, 1.165) is 18.4 Å². The standard InChI is InChI=1S/C10H12N2O3/c11-6-10(3-4-10)7-1-2-9(13)8(5-7)12(14)15/h1-2,5,13H,3-4,6,11H2. The highest BCUT2D eigenvalue weighted by molar-refractivity contribution is 5.50. The minimum atomic E-state index is -0.578. The van der Waals surface area contributed by atoms with Crippen LogP contribution in [0, 0.1) is 10.1 Å². The molecule has 1 saturated carbocycles. The maximum Gasteiger partial charge on any atom is 0.310 e. The molecule has 1 aromatic carbocycles. The molecule has 0 radical (unpaired) electrons. The second kappa shape index (κ2) is 3.20. The molecule has 15 heavy (non-hydrogen) atoms.